The largest absolute Gasteiger partial charge is 0.325 e. The molecule has 1 fully saturated rings. The van der Waals surface area contributed by atoms with Gasteiger partial charge in [-0.25, -0.2) is 4.98 Å². The molecule has 0 amide bonds. The van der Waals surface area contributed by atoms with Gasteiger partial charge in [0.1, 0.15) is 5.15 Å². The van der Waals surface area contributed by atoms with E-state index in [0.717, 1.165) is 25.3 Å². The third kappa shape index (κ3) is 2.18. The highest BCUT2D eigenvalue weighted by molar-refractivity contribution is 6.29. The second-order valence-electron chi connectivity index (χ2n) is 3.41. The monoisotopic (exact) mass is 197 g/mol. The molecule has 2 N–H and O–H groups in total. The van der Waals surface area contributed by atoms with E-state index in [2.05, 4.69) is 9.88 Å². The van der Waals surface area contributed by atoms with Crippen molar-refractivity contribution in [3.63, 3.8) is 0 Å². The Balaban J connectivity index is 1.94. The molecule has 0 spiro atoms. The number of hydrogen-bond donors (Lipinski definition) is 1. The van der Waals surface area contributed by atoms with Crippen molar-refractivity contribution in [2.24, 2.45) is 5.73 Å². The maximum absolute atomic E-state index is 5.76. The Morgan fingerprint density at radius 3 is 2.92 bits per heavy atom. The van der Waals surface area contributed by atoms with E-state index in [9.17, 15) is 0 Å². The molecule has 13 heavy (non-hydrogen) atoms. The SMILES string of the molecule is NC1CN(Cc2cccc(Cl)n2)C1. The molecule has 0 atom stereocenters. The number of nitrogens with zero attached hydrogens (tertiary/aromatic N) is 2. The van der Waals surface area contributed by atoms with Crippen LogP contribution in [0.5, 0.6) is 0 Å². The number of pyridine rings is 1. The summed E-state index contributed by atoms with van der Waals surface area (Å²) in [5, 5.41) is 0.558. The molecule has 0 aromatic carbocycles. The van der Waals surface area contributed by atoms with Crippen molar-refractivity contribution in [3.05, 3.63) is 29.0 Å². The van der Waals surface area contributed by atoms with Crippen molar-refractivity contribution in [1.82, 2.24) is 9.88 Å². The number of likely N-dealkylation sites (tertiary alicyclic amines) is 1. The lowest BCUT2D eigenvalue weighted by atomic mass is 10.1. The van der Waals surface area contributed by atoms with Crippen molar-refractivity contribution >= 4 is 11.6 Å². The van der Waals surface area contributed by atoms with E-state index in [1.54, 1.807) is 6.07 Å². The zero-order chi connectivity index (χ0) is 9.26. The van der Waals surface area contributed by atoms with Crippen molar-refractivity contribution in [3.8, 4) is 0 Å². The number of hydrogen-bond acceptors (Lipinski definition) is 3. The summed E-state index contributed by atoms with van der Waals surface area (Å²) in [7, 11) is 0. The van der Waals surface area contributed by atoms with Crippen LogP contribution in [0.15, 0.2) is 18.2 Å². The third-order valence-corrected chi connectivity index (χ3v) is 2.35. The first-order valence-corrected chi connectivity index (χ1v) is 4.71. The lowest BCUT2D eigenvalue weighted by Gasteiger charge is -2.36. The van der Waals surface area contributed by atoms with Crippen molar-refractivity contribution in [2.45, 2.75) is 12.6 Å². The molecule has 2 rings (SSSR count). The normalized spacial score (nSPS) is 18.6. The molecule has 1 aliphatic heterocycles. The highest BCUT2D eigenvalue weighted by atomic mass is 35.5. The van der Waals surface area contributed by atoms with Crippen LogP contribution in [-0.4, -0.2) is 29.0 Å². The van der Waals surface area contributed by atoms with Crippen LogP contribution in [0.3, 0.4) is 0 Å². The molecule has 2 heterocycles. The van der Waals surface area contributed by atoms with Gasteiger partial charge in [-0.2, -0.15) is 0 Å². The molecular weight excluding hydrogens is 186 g/mol. The molecule has 1 aliphatic rings. The van der Waals surface area contributed by atoms with Gasteiger partial charge >= 0.3 is 0 Å². The molecule has 70 valence electrons. The Morgan fingerprint density at radius 2 is 2.31 bits per heavy atom. The molecule has 1 aromatic rings. The summed E-state index contributed by atoms with van der Waals surface area (Å²) in [6.45, 7) is 2.79. The molecule has 0 aliphatic carbocycles. The van der Waals surface area contributed by atoms with Gasteiger partial charge in [-0.3, -0.25) is 4.90 Å². The molecule has 0 unspecified atom stereocenters. The lowest BCUT2D eigenvalue weighted by Crippen LogP contribution is -2.54. The van der Waals surface area contributed by atoms with Gasteiger partial charge in [0.25, 0.3) is 0 Å². The average Bonchev–Trinajstić information content (AvgIpc) is 2.01. The summed E-state index contributed by atoms with van der Waals surface area (Å²) in [6, 6.07) is 6.03. The van der Waals surface area contributed by atoms with Gasteiger partial charge in [0, 0.05) is 25.7 Å². The first-order chi connectivity index (χ1) is 6.24. The lowest BCUT2D eigenvalue weighted by molar-refractivity contribution is 0.140. The van der Waals surface area contributed by atoms with Gasteiger partial charge < -0.3 is 5.73 Å². The number of rotatable bonds is 2. The number of halogens is 1. The Bertz CT molecular complexity index is 297. The maximum Gasteiger partial charge on any atom is 0.129 e. The second-order valence-corrected chi connectivity index (χ2v) is 3.79. The topological polar surface area (TPSA) is 42.1 Å². The molecule has 4 heteroatoms. The van der Waals surface area contributed by atoms with Crippen LogP contribution in [0.25, 0.3) is 0 Å². The average molecular weight is 198 g/mol. The summed E-state index contributed by atoms with van der Waals surface area (Å²) in [5.74, 6) is 0. The quantitative estimate of drug-likeness (QED) is 0.716. The zero-order valence-electron chi connectivity index (χ0n) is 7.28. The van der Waals surface area contributed by atoms with Gasteiger partial charge in [0.15, 0.2) is 0 Å². The summed E-state index contributed by atoms with van der Waals surface area (Å²) in [6.07, 6.45) is 0. The maximum atomic E-state index is 5.76. The van der Waals surface area contributed by atoms with Gasteiger partial charge in [-0.05, 0) is 12.1 Å². The molecule has 1 aromatic heterocycles. The van der Waals surface area contributed by atoms with Gasteiger partial charge in [0.05, 0.1) is 5.69 Å². The second kappa shape index (κ2) is 3.62. The molecule has 3 nitrogen and oxygen atoms in total. The summed E-state index contributed by atoms with van der Waals surface area (Å²) >= 11 is 5.76. The predicted molar refractivity (Wildman–Crippen MR) is 52.5 cm³/mol. The minimum atomic E-state index is 0.346. The Labute approximate surface area is 82.5 Å². The van der Waals surface area contributed by atoms with E-state index < -0.39 is 0 Å². The van der Waals surface area contributed by atoms with E-state index in [1.165, 1.54) is 0 Å². The van der Waals surface area contributed by atoms with Crippen LogP contribution in [0, 0.1) is 0 Å². The minimum Gasteiger partial charge on any atom is -0.325 e. The van der Waals surface area contributed by atoms with Crippen molar-refractivity contribution in [2.75, 3.05) is 13.1 Å². The van der Waals surface area contributed by atoms with E-state index >= 15 is 0 Å². The highest BCUT2D eigenvalue weighted by Crippen LogP contribution is 2.12. The first kappa shape index (κ1) is 8.94. The van der Waals surface area contributed by atoms with Crippen LogP contribution in [0.1, 0.15) is 5.69 Å². The fourth-order valence-electron chi connectivity index (χ4n) is 1.51. The molecule has 0 radical (unpaired) electrons. The fraction of sp³-hybridized carbons (Fsp3) is 0.444. The number of nitrogens with two attached hydrogens (primary N) is 1. The van der Waals surface area contributed by atoms with E-state index in [1.807, 2.05) is 12.1 Å². The molecule has 1 saturated heterocycles. The third-order valence-electron chi connectivity index (χ3n) is 2.14. The summed E-state index contributed by atoms with van der Waals surface area (Å²) < 4.78 is 0. The Morgan fingerprint density at radius 1 is 1.54 bits per heavy atom. The van der Waals surface area contributed by atoms with Crippen LogP contribution in [0.2, 0.25) is 5.15 Å². The summed E-state index contributed by atoms with van der Waals surface area (Å²) in [5.41, 5.74) is 6.68. The summed E-state index contributed by atoms with van der Waals surface area (Å²) in [4.78, 5) is 6.46. The highest BCUT2D eigenvalue weighted by Gasteiger charge is 2.22. The zero-order valence-corrected chi connectivity index (χ0v) is 8.04. The smallest absolute Gasteiger partial charge is 0.129 e. The molecule has 0 saturated carbocycles. The van der Waals surface area contributed by atoms with Crippen molar-refractivity contribution in [1.29, 1.82) is 0 Å². The fourth-order valence-corrected chi connectivity index (χ4v) is 1.69. The number of aromatic nitrogens is 1. The van der Waals surface area contributed by atoms with Gasteiger partial charge in [-0.1, -0.05) is 17.7 Å². The van der Waals surface area contributed by atoms with Gasteiger partial charge in [0.2, 0.25) is 0 Å². The van der Waals surface area contributed by atoms with Crippen LogP contribution in [0.4, 0.5) is 0 Å². The molecular formula is C9H12ClN3. The van der Waals surface area contributed by atoms with Crippen LogP contribution >= 0.6 is 11.6 Å². The first-order valence-electron chi connectivity index (χ1n) is 4.33. The Kier molecular flexibility index (Phi) is 2.49. The van der Waals surface area contributed by atoms with E-state index in [0.29, 0.717) is 11.2 Å². The van der Waals surface area contributed by atoms with E-state index in [-0.39, 0.29) is 0 Å². The van der Waals surface area contributed by atoms with Crippen LogP contribution < -0.4 is 5.73 Å². The van der Waals surface area contributed by atoms with Crippen LogP contribution in [-0.2, 0) is 6.54 Å². The molecule has 0 bridgehead atoms. The van der Waals surface area contributed by atoms with Gasteiger partial charge in [-0.15, -0.1) is 0 Å². The Hall–Kier alpha value is -0.640. The van der Waals surface area contributed by atoms with E-state index in [4.69, 9.17) is 17.3 Å². The minimum absolute atomic E-state index is 0.346. The van der Waals surface area contributed by atoms with Crippen molar-refractivity contribution < 1.29 is 0 Å². The predicted octanol–water partition coefficient (Wildman–Crippen LogP) is 0.878. The standard InChI is InChI=1S/C9H12ClN3/c10-9-3-1-2-8(12-9)6-13-4-7(11)5-13/h1-3,7H,4-6,11H2.